The Morgan fingerprint density at radius 3 is 2.06 bits per heavy atom. The SMILES string of the molecule is CCOc1ccc(Oc2ccc(NC(=O)c3ccc(OC)c(S(=O)(=O)NC(C)C)c3)cc2)cc1. The Hall–Kier alpha value is -3.56. The van der Waals surface area contributed by atoms with Crippen LogP contribution < -0.4 is 24.2 Å². The van der Waals surface area contributed by atoms with Crippen LogP contribution in [0.4, 0.5) is 5.69 Å². The largest absolute Gasteiger partial charge is 0.495 e. The lowest BCUT2D eigenvalue weighted by Crippen LogP contribution is -2.30. The lowest BCUT2D eigenvalue weighted by molar-refractivity contribution is 0.102. The molecule has 0 heterocycles. The van der Waals surface area contributed by atoms with Gasteiger partial charge < -0.3 is 19.5 Å². The number of nitrogens with one attached hydrogen (secondary N) is 2. The Kier molecular flexibility index (Phi) is 8.14. The van der Waals surface area contributed by atoms with E-state index in [0.717, 1.165) is 5.75 Å². The van der Waals surface area contributed by atoms with Gasteiger partial charge in [-0.15, -0.1) is 0 Å². The fraction of sp³-hybridized carbons (Fsp3) is 0.240. The van der Waals surface area contributed by atoms with E-state index in [0.29, 0.717) is 23.8 Å². The minimum absolute atomic E-state index is 0.101. The third-order valence-corrected chi connectivity index (χ3v) is 6.27. The predicted molar refractivity (Wildman–Crippen MR) is 131 cm³/mol. The summed E-state index contributed by atoms with van der Waals surface area (Å²) in [6.07, 6.45) is 0. The maximum atomic E-state index is 12.8. The normalized spacial score (nSPS) is 11.2. The minimum atomic E-state index is -3.85. The first kappa shape index (κ1) is 25.1. The van der Waals surface area contributed by atoms with Crippen LogP contribution in [0, 0.1) is 0 Å². The van der Waals surface area contributed by atoms with Crippen molar-refractivity contribution in [2.45, 2.75) is 31.7 Å². The highest BCUT2D eigenvalue weighted by Crippen LogP contribution is 2.27. The van der Waals surface area contributed by atoms with Crippen molar-refractivity contribution in [2.24, 2.45) is 0 Å². The smallest absolute Gasteiger partial charge is 0.255 e. The lowest BCUT2D eigenvalue weighted by atomic mass is 10.2. The number of rotatable bonds is 10. The van der Waals surface area contributed by atoms with Gasteiger partial charge in [0, 0.05) is 17.3 Å². The molecule has 0 radical (unpaired) electrons. The predicted octanol–water partition coefficient (Wildman–Crippen LogP) is 4.83. The van der Waals surface area contributed by atoms with Gasteiger partial charge in [-0.05, 0) is 87.5 Å². The highest BCUT2D eigenvalue weighted by atomic mass is 32.2. The second-order valence-corrected chi connectivity index (χ2v) is 9.31. The molecule has 0 spiro atoms. The molecular weight excluding hydrogens is 456 g/mol. The molecule has 1 amide bonds. The highest BCUT2D eigenvalue weighted by molar-refractivity contribution is 7.89. The number of amides is 1. The average Bonchev–Trinajstić information content (AvgIpc) is 2.80. The second kappa shape index (κ2) is 11.0. The monoisotopic (exact) mass is 484 g/mol. The highest BCUT2D eigenvalue weighted by Gasteiger charge is 2.22. The van der Waals surface area contributed by atoms with E-state index in [9.17, 15) is 13.2 Å². The molecule has 8 nitrogen and oxygen atoms in total. The number of carbonyl (C=O) groups excluding carboxylic acids is 1. The van der Waals surface area contributed by atoms with Crippen molar-refractivity contribution >= 4 is 21.6 Å². The Labute approximate surface area is 199 Å². The summed E-state index contributed by atoms with van der Waals surface area (Å²) >= 11 is 0. The number of hydrogen-bond acceptors (Lipinski definition) is 6. The number of hydrogen-bond donors (Lipinski definition) is 2. The molecule has 3 rings (SSSR count). The molecule has 0 bridgehead atoms. The zero-order valence-electron chi connectivity index (χ0n) is 19.5. The van der Waals surface area contributed by atoms with Gasteiger partial charge in [-0.25, -0.2) is 13.1 Å². The zero-order chi connectivity index (χ0) is 24.7. The maximum Gasteiger partial charge on any atom is 0.255 e. The average molecular weight is 485 g/mol. The van der Waals surface area contributed by atoms with Crippen molar-refractivity contribution in [3.63, 3.8) is 0 Å². The zero-order valence-corrected chi connectivity index (χ0v) is 20.3. The summed E-state index contributed by atoms with van der Waals surface area (Å²) in [5.74, 6) is 1.72. The van der Waals surface area contributed by atoms with E-state index in [1.165, 1.54) is 25.3 Å². The summed E-state index contributed by atoms with van der Waals surface area (Å²) in [5.41, 5.74) is 0.712. The second-order valence-electron chi connectivity index (χ2n) is 7.63. The van der Waals surface area contributed by atoms with Crippen molar-refractivity contribution in [3.8, 4) is 23.0 Å². The molecule has 3 aromatic carbocycles. The first-order chi connectivity index (χ1) is 16.2. The summed E-state index contributed by atoms with van der Waals surface area (Å²) < 4.78 is 44.2. The van der Waals surface area contributed by atoms with E-state index < -0.39 is 15.9 Å². The Bertz CT molecular complexity index is 1220. The van der Waals surface area contributed by atoms with E-state index in [4.69, 9.17) is 14.2 Å². The van der Waals surface area contributed by atoms with Crippen LogP contribution in [-0.2, 0) is 10.0 Å². The lowest BCUT2D eigenvalue weighted by Gasteiger charge is -2.14. The van der Waals surface area contributed by atoms with Crippen LogP contribution in [0.5, 0.6) is 23.0 Å². The molecule has 3 aromatic rings. The standard InChI is InChI=1S/C25H28N2O6S/c1-5-32-20-11-13-22(14-12-20)33-21-9-7-19(8-10-21)26-25(28)18-6-15-23(31-4)24(16-18)34(29,30)27-17(2)3/h6-17,27H,5H2,1-4H3,(H,26,28). The maximum absolute atomic E-state index is 12.8. The molecule has 0 unspecified atom stereocenters. The molecule has 0 aromatic heterocycles. The van der Waals surface area contributed by atoms with E-state index in [1.807, 2.05) is 31.2 Å². The van der Waals surface area contributed by atoms with Gasteiger partial charge in [0.1, 0.15) is 27.9 Å². The Morgan fingerprint density at radius 2 is 1.50 bits per heavy atom. The van der Waals surface area contributed by atoms with Gasteiger partial charge in [-0.3, -0.25) is 4.79 Å². The molecule has 0 saturated heterocycles. The van der Waals surface area contributed by atoms with Gasteiger partial charge in [0.25, 0.3) is 5.91 Å². The number of carbonyl (C=O) groups is 1. The third kappa shape index (κ3) is 6.49. The molecule has 0 atom stereocenters. The fourth-order valence-electron chi connectivity index (χ4n) is 3.12. The van der Waals surface area contributed by atoms with Crippen molar-refractivity contribution < 1.29 is 27.4 Å². The van der Waals surface area contributed by atoms with E-state index in [-0.39, 0.29) is 22.3 Å². The minimum Gasteiger partial charge on any atom is -0.495 e. The topological polar surface area (TPSA) is 103 Å². The van der Waals surface area contributed by atoms with Crippen LogP contribution in [0.2, 0.25) is 0 Å². The number of benzene rings is 3. The van der Waals surface area contributed by atoms with Crippen LogP contribution in [-0.4, -0.2) is 34.1 Å². The van der Waals surface area contributed by atoms with Gasteiger partial charge in [0.15, 0.2) is 0 Å². The molecule has 9 heteroatoms. The van der Waals surface area contributed by atoms with Gasteiger partial charge in [0.05, 0.1) is 13.7 Å². The van der Waals surface area contributed by atoms with Crippen molar-refractivity contribution in [2.75, 3.05) is 19.0 Å². The third-order valence-electron chi connectivity index (χ3n) is 4.59. The molecular formula is C25H28N2O6S. The molecule has 0 aliphatic rings. The van der Waals surface area contributed by atoms with Crippen LogP contribution in [0.25, 0.3) is 0 Å². The molecule has 34 heavy (non-hydrogen) atoms. The Morgan fingerprint density at radius 1 is 0.912 bits per heavy atom. The van der Waals surface area contributed by atoms with Crippen molar-refractivity contribution in [3.05, 3.63) is 72.3 Å². The summed E-state index contributed by atoms with van der Waals surface area (Å²) in [4.78, 5) is 12.7. The van der Waals surface area contributed by atoms with Crippen molar-refractivity contribution in [1.82, 2.24) is 4.72 Å². The number of sulfonamides is 1. The van der Waals surface area contributed by atoms with Crippen molar-refractivity contribution in [1.29, 1.82) is 0 Å². The van der Waals surface area contributed by atoms with Gasteiger partial charge >= 0.3 is 0 Å². The molecule has 0 fully saturated rings. The molecule has 0 aliphatic heterocycles. The first-order valence-corrected chi connectivity index (χ1v) is 12.2. The van der Waals surface area contributed by atoms with Crippen LogP contribution in [0.1, 0.15) is 31.1 Å². The summed E-state index contributed by atoms with van der Waals surface area (Å²) in [6, 6.07) is 18.1. The van der Waals surface area contributed by atoms with Gasteiger partial charge in [-0.2, -0.15) is 0 Å². The van der Waals surface area contributed by atoms with Gasteiger partial charge in [0.2, 0.25) is 10.0 Å². The summed E-state index contributed by atoms with van der Waals surface area (Å²) in [6.45, 7) is 5.94. The molecule has 2 N–H and O–H groups in total. The van der Waals surface area contributed by atoms with E-state index in [1.54, 1.807) is 38.1 Å². The van der Waals surface area contributed by atoms with E-state index >= 15 is 0 Å². The number of anilines is 1. The van der Waals surface area contributed by atoms with Crippen LogP contribution >= 0.6 is 0 Å². The number of methoxy groups -OCH3 is 1. The quantitative estimate of drug-likeness (QED) is 0.427. The van der Waals surface area contributed by atoms with E-state index in [2.05, 4.69) is 10.0 Å². The first-order valence-electron chi connectivity index (χ1n) is 10.7. The summed E-state index contributed by atoms with van der Waals surface area (Å²) in [5, 5.41) is 2.76. The number of ether oxygens (including phenoxy) is 3. The molecule has 0 aliphatic carbocycles. The van der Waals surface area contributed by atoms with Gasteiger partial charge in [-0.1, -0.05) is 0 Å². The van der Waals surface area contributed by atoms with Crippen LogP contribution in [0.15, 0.2) is 71.6 Å². The summed E-state index contributed by atoms with van der Waals surface area (Å²) in [7, 11) is -2.48. The fourth-order valence-corrected chi connectivity index (χ4v) is 4.56. The molecule has 0 saturated carbocycles. The van der Waals surface area contributed by atoms with Crippen LogP contribution in [0.3, 0.4) is 0 Å². The molecule has 180 valence electrons. The Balaban J connectivity index is 1.71.